The Kier molecular flexibility index (Phi) is 4.40. The van der Waals surface area contributed by atoms with Crippen molar-refractivity contribution in [2.45, 2.75) is 6.54 Å². The van der Waals surface area contributed by atoms with Gasteiger partial charge in [0.15, 0.2) is 0 Å². The molecule has 3 aromatic rings. The number of aliphatic hydroxyl groups is 1. The number of para-hydroxylation sites is 2. The molecule has 5 nitrogen and oxygen atoms in total. The molecule has 4 rings (SSSR count). The van der Waals surface area contributed by atoms with Gasteiger partial charge in [-0.2, -0.15) is 4.39 Å². The zero-order valence-corrected chi connectivity index (χ0v) is 14.1. The van der Waals surface area contributed by atoms with Crippen LogP contribution in [0.3, 0.4) is 0 Å². The van der Waals surface area contributed by atoms with Gasteiger partial charge in [0.25, 0.3) is 5.91 Å². The number of aliphatic hydroxyl groups excluding tert-OH is 1. The van der Waals surface area contributed by atoms with E-state index in [1.54, 1.807) is 17.0 Å². The quantitative estimate of drug-likeness (QED) is 0.711. The summed E-state index contributed by atoms with van der Waals surface area (Å²) in [5, 5.41) is 8.62. The van der Waals surface area contributed by atoms with Crippen LogP contribution in [0.2, 0.25) is 0 Å². The smallest absolute Gasteiger partial charge is 0.350 e. The van der Waals surface area contributed by atoms with Gasteiger partial charge in [0.1, 0.15) is 11.5 Å². The summed E-state index contributed by atoms with van der Waals surface area (Å²) in [6.07, 6.45) is 0. The van der Waals surface area contributed by atoms with Crippen LogP contribution in [0.5, 0.6) is 5.75 Å². The first-order valence-electron chi connectivity index (χ1n) is 8.30. The van der Waals surface area contributed by atoms with Crippen molar-refractivity contribution in [1.29, 1.82) is 0 Å². The summed E-state index contributed by atoms with van der Waals surface area (Å²) >= 11 is 0. The summed E-state index contributed by atoms with van der Waals surface area (Å²) in [6.45, 7) is -2.38. The van der Waals surface area contributed by atoms with E-state index in [2.05, 4.69) is 9.73 Å². The number of nitrogens with zero attached hydrogens (tertiary/aromatic N) is 2. The molecule has 0 saturated carbocycles. The zero-order valence-electron chi connectivity index (χ0n) is 14.1. The zero-order chi connectivity index (χ0) is 18.8. The van der Waals surface area contributed by atoms with Crippen molar-refractivity contribution in [3.05, 3.63) is 84.4 Å². The number of ether oxygens (including phenoxy) is 1. The molecule has 0 fully saturated rings. The van der Waals surface area contributed by atoms with Gasteiger partial charge in [-0.3, -0.25) is 9.69 Å². The number of rotatable bonds is 4. The number of hydrogen-bond donors (Lipinski definition) is 1. The van der Waals surface area contributed by atoms with Crippen molar-refractivity contribution in [2.24, 2.45) is 4.99 Å². The fourth-order valence-electron chi connectivity index (χ4n) is 2.98. The maximum absolute atomic E-state index is 13.1. The first-order valence-corrected chi connectivity index (χ1v) is 8.30. The molecule has 1 atom stereocenters. The fourth-order valence-corrected chi connectivity index (χ4v) is 2.98. The number of hydrogen-bond acceptors (Lipinski definition) is 4. The van der Waals surface area contributed by atoms with Gasteiger partial charge in [-0.15, -0.1) is 0 Å². The summed E-state index contributed by atoms with van der Waals surface area (Å²) in [5.74, 6) is -0.0556. The molecular formula is C21H15FN2O3. The average molecular weight is 362 g/mol. The number of halogens is 1. The Bertz CT molecular complexity index is 1000. The Morgan fingerprint density at radius 3 is 2.30 bits per heavy atom. The molecule has 0 aliphatic carbocycles. The first kappa shape index (κ1) is 16.9. The van der Waals surface area contributed by atoms with Gasteiger partial charge < -0.3 is 9.84 Å². The van der Waals surface area contributed by atoms with Gasteiger partial charge in [-0.05, 0) is 42.5 Å². The fraction of sp³-hybridized carbons (Fsp3) is 0.0476. The lowest BCUT2D eigenvalue weighted by Gasteiger charge is -2.16. The van der Waals surface area contributed by atoms with E-state index in [4.69, 9.17) is 5.11 Å². The number of carbonyl (C=O) groups is 1. The van der Waals surface area contributed by atoms with E-state index < -0.39 is 6.54 Å². The number of carbonyl (C=O) groups excluding carboxylic acids is 1. The van der Waals surface area contributed by atoms with E-state index in [0.29, 0.717) is 11.4 Å². The van der Waals surface area contributed by atoms with Crippen molar-refractivity contribution < 1.29 is 19.0 Å². The van der Waals surface area contributed by atoms with Gasteiger partial charge in [-0.1, -0.05) is 36.4 Å². The van der Waals surface area contributed by atoms with Crippen LogP contribution in [0.1, 0.15) is 5.56 Å². The third-order valence-electron chi connectivity index (χ3n) is 4.13. The molecule has 0 saturated heterocycles. The molecule has 0 bridgehead atoms. The standard InChI is InChI=1S/C21H15FN2O3/c22-21(26)27-16-12-10-14(11-13-16)23-19-17-8-4-5-9-18(17)24(20(19)25)15-6-2-1-3-7-15/h1-13,21,26H. The Morgan fingerprint density at radius 2 is 1.59 bits per heavy atom. The Labute approximate surface area is 155 Å². The van der Waals surface area contributed by atoms with E-state index in [9.17, 15) is 9.18 Å². The largest absolute Gasteiger partial charge is 0.438 e. The summed E-state index contributed by atoms with van der Waals surface area (Å²) in [5.41, 5.74) is 3.12. The normalized spacial score (nSPS) is 15.7. The van der Waals surface area contributed by atoms with Crippen LogP contribution in [0.25, 0.3) is 0 Å². The second-order valence-corrected chi connectivity index (χ2v) is 5.86. The van der Waals surface area contributed by atoms with Crippen molar-refractivity contribution in [3.63, 3.8) is 0 Å². The average Bonchev–Trinajstić information content (AvgIpc) is 2.95. The van der Waals surface area contributed by atoms with Crippen molar-refractivity contribution >= 4 is 28.7 Å². The molecule has 134 valence electrons. The maximum Gasteiger partial charge on any atom is 0.350 e. The van der Waals surface area contributed by atoms with E-state index in [0.717, 1.165) is 16.9 Å². The predicted octanol–water partition coefficient (Wildman–Crippen LogP) is 4.11. The van der Waals surface area contributed by atoms with Crippen LogP contribution in [-0.2, 0) is 4.79 Å². The molecule has 1 heterocycles. The number of aliphatic imine (C=N–C) groups is 1. The third kappa shape index (κ3) is 3.30. The number of amides is 1. The minimum Gasteiger partial charge on any atom is -0.438 e. The molecule has 3 aromatic carbocycles. The van der Waals surface area contributed by atoms with E-state index >= 15 is 0 Å². The summed E-state index contributed by atoms with van der Waals surface area (Å²) in [6, 6.07) is 23.0. The Hall–Kier alpha value is -3.51. The molecule has 1 aliphatic rings. The molecule has 0 radical (unpaired) electrons. The summed E-state index contributed by atoms with van der Waals surface area (Å²) in [7, 11) is 0. The molecule has 27 heavy (non-hydrogen) atoms. The maximum atomic E-state index is 13.1. The number of anilines is 2. The van der Waals surface area contributed by atoms with Crippen LogP contribution in [0.4, 0.5) is 21.5 Å². The van der Waals surface area contributed by atoms with Gasteiger partial charge in [-0.25, -0.2) is 4.99 Å². The van der Waals surface area contributed by atoms with Gasteiger partial charge in [0, 0.05) is 11.3 Å². The first-order chi connectivity index (χ1) is 13.1. The monoisotopic (exact) mass is 362 g/mol. The third-order valence-corrected chi connectivity index (χ3v) is 4.13. The number of alkyl halides is 1. The molecule has 1 N–H and O–H groups in total. The van der Waals surface area contributed by atoms with Crippen molar-refractivity contribution in [3.8, 4) is 5.75 Å². The Morgan fingerprint density at radius 1 is 0.926 bits per heavy atom. The van der Waals surface area contributed by atoms with Crippen LogP contribution in [0, 0.1) is 0 Å². The minimum atomic E-state index is -2.38. The predicted molar refractivity (Wildman–Crippen MR) is 100 cm³/mol. The van der Waals surface area contributed by atoms with Crippen LogP contribution >= 0.6 is 0 Å². The highest BCUT2D eigenvalue weighted by Crippen LogP contribution is 2.36. The van der Waals surface area contributed by atoms with E-state index in [-0.39, 0.29) is 11.7 Å². The summed E-state index contributed by atoms with van der Waals surface area (Å²) < 4.78 is 17.0. The highest BCUT2D eigenvalue weighted by Gasteiger charge is 2.34. The lowest BCUT2D eigenvalue weighted by atomic mass is 10.1. The molecule has 0 aromatic heterocycles. The second-order valence-electron chi connectivity index (χ2n) is 5.86. The highest BCUT2D eigenvalue weighted by atomic mass is 19.2. The topological polar surface area (TPSA) is 62.1 Å². The minimum absolute atomic E-state index is 0.165. The molecule has 1 unspecified atom stereocenters. The number of fused-ring (bicyclic) bond motifs is 1. The van der Waals surface area contributed by atoms with Crippen LogP contribution in [0.15, 0.2) is 83.9 Å². The lowest BCUT2D eigenvalue weighted by molar-refractivity contribution is -0.119. The van der Waals surface area contributed by atoms with Crippen LogP contribution < -0.4 is 9.64 Å². The highest BCUT2D eigenvalue weighted by molar-refractivity contribution is 6.56. The van der Waals surface area contributed by atoms with Crippen molar-refractivity contribution in [2.75, 3.05) is 4.90 Å². The Balaban J connectivity index is 1.73. The van der Waals surface area contributed by atoms with Gasteiger partial charge in [0.2, 0.25) is 0 Å². The van der Waals surface area contributed by atoms with E-state index in [1.807, 2.05) is 54.6 Å². The number of benzene rings is 3. The van der Waals surface area contributed by atoms with Crippen LogP contribution in [-0.4, -0.2) is 23.3 Å². The molecular weight excluding hydrogens is 347 g/mol. The molecule has 1 aliphatic heterocycles. The molecule has 0 spiro atoms. The lowest BCUT2D eigenvalue weighted by Crippen LogP contribution is -2.25. The summed E-state index contributed by atoms with van der Waals surface area (Å²) in [4.78, 5) is 19.2. The van der Waals surface area contributed by atoms with E-state index in [1.165, 1.54) is 12.1 Å². The SMILES string of the molecule is O=C1C(=Nc2ccc(OC(O)F)cc2)c2ccccc2N1c1ccccc1. The molecule has 6 heteroatoms. The molecule has 1 amide bonds. The van der Waals surface area contributed by atoms with Crippen molar-refractivity contribution in [1.82, 2.24) is 0 Å². The second kappa shape index (κ2) is 7.01. The van der Waals surface area contributed by atoms with Gasteiger partial charge >= 0.3 is 6.54 Å². The van der Waals surface area contributed by atoms with Gasteiger partial charge in [0.05, 0.1) is 11.4 Å².